The lowest BCUT2D eigenvalue weighted by molar-refractivity contribution is -0.146. The molecule has 2 rings (SSSR count). The highest BCUT2D eigenvalue weighted by Gasteiger charge is 2.31. The fraction of sp³-hybridized carbons (Fsp3) is 0.348. The minimum Gasteiger partial charge on any atom is -0.497 e. The molecule has 0 bridgehead atoms. The molecule has 0 spiro atoms. The maximum absolute atomic E-state index is 13.2. The number of amides is 2. The van der Waals surface area contributed by atoms with Crippen LogP contribution >= 0.6 is 11.6 Å². The molecule has 0 fully saturated rings. The Kier molecular flexibility index (Phi) is 9.34. The molecule has 0 saturated heterocycles. The molecule has 0 heterocycles. The summed E-state index contributed by atoms with van der Waals surface area (Å²) in [6.07, 6.45) is 0.263. The molecular formula is C23H27ClN2O5. The summed E-state index contributed by atoms with van der Waals surface area (Å²) < 4.78 is 9.87. The van der Waals surface area contributed by atoms with Gasteiger partial charge in [0.1, 0.15) is 23.7 Å². The van der Waals surface area contributed by atoms with Crippen molar-refractivity contribution >= 4 is 29.4 Å². The summed E-state index contributed by atoms with van der Waals surface area (Å²) in [5.41, 5.74) is 1.68. The van der Waals surface area contributed by atoms with E-state index in [-0.39, 0.29) is 24.8 Å². The number of carbonyl (C=O) groups is 3. The summed E-state index contributed by atoms with van der Waals surface area (Å²) in [6.45, 7) is 1.70. The average Bonchev–Trinajstić information content (AvgIpc) is 2.81. The fourth-order valence-corrected chi connectivity index (χ4v) is 3.26. The van der Waals surface area contributed by atoms with Crippen LogP contribution in [0.4, 0.5) is 0 Å². The second kappa shape index (κ2) is 12.0. The Morgan fingerprint density at radius 2 is 1.65 bits per heavy atom. The van der Waals surface area contributed by atoms with Gasteiger partial charge in [-0.15, -0.1) is 11.6 Å². The third-order valence-electron chi connectivity index (χ3n) is 4.81. The van der Waals surface area contributed by atoms with Crippen molar-refractivity contribution in [1.29, 1.82) is 0 Å². The largest absolute Gasteiger partial charge is 0.497 e. The van der Waals surface area contributed by atoms with Gasteiger partial charge in [0.25, 0.3) is 0 Å². The van der Waals surface area contributed by atoms with Crippen LogP contribution in [0.5, 0.6) is 5.75 Å². The molecule has 2 aromatic carbocycles. The van der Waals surface area contributed by atoms with Gasteiger partial charge in [-0.2, -0.15) is 0 Å². The number of hydrogen-bond acceptors (Lipinski definition) is 5. The van der Waals surface area contributed by atoms with Crippen molar-refractivity contribution in [3.8, 4) is 5.75 Å². The first-order valence-corrected chi connectivity index (χ1v) is 10.3. The van der Waals surface area contributed by atoms with Gasteiger partial charge in [-0.3, -0.25) is 9.59 Å². The smallest absolute Gasteiger partial charge is 0.328 e. The Morgan fingerprint density at radius 3 is 2.19 bits per heavy atom. The van der Waals surface area contributed by atoms with Crippen LogP contribution in [0.15, 0.2) is 54.6 Å². The van der Waals surface area contributed by atoms with E-state index in [1.165, 1.54) is 18.9 Å². The molecule has 0 saturated carbocycles. The van der Waals surface area contributed by atoms with Crippen LogP contribution in [0.25, 0.3) is 0 Å². The summed E-state index contributed by atoms with van der Waals surface area (Å²) in [5.74, 6) is -1.02. The Morgan fingerprint density at radius 1 is 1.00 bits per heavy atom. The van der Waals surface area contributed by atoms with Crippen molar-refractivity contribution < 1.29 is 23.9 Å². The number of hydrogen-bond donors (Lipinski definition) is 1. The minimum absolute atomic E-state index is 0.174. The zero-order valence-corrected chi connectivity index (χ0v) is 18.6. The minimum atomic E-state index is -0.872. The molecule has 0 aliphatic heterocycles. The van der Waals surface area contributed by atoms with E-state index in [2.05, 4.69) is 5.32 Å². The Bertz CT molecular complexity index is 873. The topological polar surface area (TPSA) is 84.9 Å². The number of nitrogens with zero attached hydrogens (tertiary/aromatic N) is 1. The van der Waals surface area contributed by atoms with Crippen LogP contribution in [0, 0.1) is 0 Å². The van der Waals surface area contributed by atoms with E-state index in [4.69, 9.17) is 21.1 Å². The number of nitrogens with one attached hydrogen (secondary N) is 1. The highest BCUT2D eigenvalue weighted by molar-refractivity contribution is 6.27. The number of esters is 1. The number of benzene rings is 2. The van der Waals surface area contributed by atoms with Crippen LogP contribution in [-0.4, -0.2) is 54.9 Å². The number of carbonyl (C=O) groups excluding carboxylic acids is 3. The van der Waals surface area contributed by atoms with Crippen molar-refractivity contribution in [3.05, 3.63) is 65.7 Å². The lowest BCUT2D eigenvalue weighted by Gasteiger charge is -2.31. The molecular weight excluding hydrogens is 420 g/mol. The lowest BCUT2D eigenvalue weighted by Crippen LogP contribution is -2.53. The summed E-state index contributed by atoms with van der Waals surface area (Å²) >= 11 is 5.87. The van der Waals surface area contributed by atoms with Gasteiger partial charge in [0.2, 0.25) is 11.8 Å². The van der Waals surface area contributed by atoms with E-state index in [1.807, 2.05) is 42.5 Å². The number of alkyl halides is 1. The molecule has 0 unspecified atom stereocenters. The van der Waals surface area contributed by atoms with E-state index in [0.29, 0.717) is 5.75 Å². The molecule has 0 aliphatic carbocycles. The quantitative estimate of drug-likeness (QED) is 0.448. The third kappa shape index (κ3) is 7.00. The first-order chi connectivity index (χ1) is 14.9. The van der Waals surface area contributed by atoms with E-state index >= 15 is 0 Å². The summed E-state index contributed by atoms with van der Waals surface area (Å²) in [4.78, 5) is 39.1. The van der Waals surface area contributed by atoms with Gasteiger partial charge in [-0.05, 0) is 30.2 Å². The maximum atomic E-state index is 13.2. The van der Waals surface area contributed by atoms with Crippen molar-refractivity contribution in [1.82, 2.24) is 10.2 Å². The van der Waals surface area contributed by atoms with E-state index < -0.39 is 24.0 Å². The molecule has 1 N–H and O–H groups in total. The Hall–Kier alpha value is -3.06. The van der Waals surface area contributed by atoms with Gasteiger partial charge in [-0.1, -0.05) is 42.5 Å². The predicted molar refractivity (Wildman–Crippen MR) is 118 cm³/mol. The summed E-state index contributed by atoms with van der Waals surface area (Å²) in [7, 11) is 2.82. The van der Waals surface area contributed by atoms with E-state index in [1.54, 1.807) is 19.2 Å². The predicted octanol–water partition coefficient (Wildman–Crippen LogP) is 2.55. The second-order valence-corrected chi connectivity index (χ2v) is 7.23. The summed E-state index contributed by atoms with van der Waals surface area (Å²) in [5, 5.41) is 2.64. The SMILES string of the molecule is COC(=O)[C@H](C)NC(=O)[C@H](Cc1ccccc1)N(Cc1ccc(OC)cc1)C(=O)CCl. The Labute approximate surface area is 187 Å². The summed E-state index contributed by atoms with van der Waals surface area (Å²) in [6, 6.07) is 14.8. The van der Waals surface area contributed by atoms with Crippen LogP contribution in [0.1, 0.15) is 18.1 Å². The zero-order chi connectivity index (χ0) is 22.8. The number of rotatable bonds is 10. The van der Waals surface area contributed by atoms with Gasteiger partial charge < -0.3 is 19.7 Å². The van der Waals surface area contributed by atoms with Crippen molar-refractivity contribution in [2.45, 2.75) is 32.0 Å². The molecule has 8 heteroatoms. The molecule has 0 radical (unpaired) electrons. The van der Waals surface area contributed by atoms with Gasteiger partial charge >= 0.3 is 5.97 Å². The van der Waals surface area contributed by atoms with Crippen molar-refractivity contribution in [2.75, 3.05) is 20.1 Å². The van der Waals surface area contributed by atoms with Gasteiger partial charge in [0.05, 0.1) is 14.2 Å². The van der Waals surface area contributed by atoms with Gasteiger partial charge in [0.15, 0.2) is 0 Å². The van der Waals surface area contributed by atoms with Crippen molar-refractivity contribution in [3.63, 3.8) is 0 Å². The molecule has 31 heavy (non-hydrogen) atoms. The first-order valence-electron chi connectivity index (χ1n) is 9.80. The van der Waals surface area contributed by atoms with Crippen LogP contribution in [0.3, 0.4) is 0 Å². The number of methoxy groups -OCH3 is 2. The molecule has 7 nitrogen and oxygen atoms in total. The molecule has 0 aliphatic rings. The standard InChI is InChI=1S/C23H27ClN2O5/c1-16(23(29)31-3)25-22(28)20(13-17-7-5-4-6-8-17)26(21(27)14-24)15-18-9-11-19(30-2)12-10-18/h4-12,16,20H,13-15H2,1-3H3,(H,25,28)/t16-,20-/m0/s1. The number of halogens is 1. The highest BCUT2D eigenvalue weighted by atomic mass is 35.5. The fourth-order valence-electron chi connectivity index (χ4n) is 3.10. The normalized spacial score (nSPS) is 12.4. The van der Waals surface area contributed by atoms with Gasteiger partial charge in [-0.25, -0.2) is 4.79 Å². The van der Waals surface area contributed by atoms with Crippen molar-refractivity contribution in [2.24, 2.45) is 0 Å². The highest BCUT2D eigenvalue weighted by Crippen LogP contribution is 2.18. The van der Waals surface area contributed by atoms with Crippen LogP contribution < -0.4 is 10.1 Å². The molecule has 2 aromatic rings. The molecule has 2 atom stereocenters. The first kappa shape index (κ1) is 24.2. The Balaban J connectivity index is 2.35. The second-order valence-electron chi connectivity index (χ2n) is 6.96. The van der Waals surface area contributed by atoms with E-state index in [9.17, 15) is 14.4 Å². The van der Waals surface area contributed by atoms with Crippen LogP contribution in [0.2, 0.25) is 0 Å². The maximum Gasteiger partial charge on any atom is 0.328 e. The van der Waals surface area contributed by atoms with Crippen LogP contribution in [-0.2, 0) is 32.1 Å². The van der Waals surface area contributed by atoms with Gasteiger partial charge in [0, 0.05) is 13.0 Å². The lowest BCUT2D eigenvalue weighted by atomic mass is 10.0. The third-order valence-corrected chi connectivity index (χ3v) is 5.04. The monoisotopic (exact) mass is 446 g/mol. The van der Waals surface area contributed by atoms with E-state index in [0.717, 1.165) is 11.1 Å². The molecule has 0 aromatic heterocycles. The average molecular weight is 447 g/mol. The molecule has 2 amide bonds. The number of ether oxygens (including phenoxy) is 2. The zero-order valence-electron chi connectivity index (χ0n) is 17.8. The molecule has 166 valence electrons.